The van der Waals surface area contributed by atoms with Gasteiger partial charge >= 0.3 is 0 Å². The van der Waals surface area contributed by atoms with Crippen molar-refractivity contribution in [3.05, 3.63) is 0 Å². The molecule has 0 spiro atoms. The zero-order valence-electron chi connectivity index (χ0n) is 8.79. The molecule has 14 heavy (non-hydrogen) atoms. The summed E-state index contributed by atoms with van der Waals surface area (Å²) >= 11 is 0. The van der Waals surface area contributed by atoms with E-state index in [1.54, 1.807) is 7.05 Å². The average Bonchev–Trinajstić information content (AvgIpc) is 2.27. The quantitative estimate of drug-likeness (QED) is 0.692. The molecule has 1 aliphatic rings. The smallest absolute Gasteiger partial charge is 0.236 e. The molecule has 1 rings (SSSR count). The van der Waals surface area contributed by atoms with Gasteiger partial charge < -0.3 is 5.32 Å². The SMILES string of the molecule is CNC(=O)C(C)N1CCCC(C#N)C1. The summed E-state index contributed by atoms with van der Waals surface area (Å²) < 4.78 is 0. The largest absolute Gasteiger partial charge is 0.358 e. The van der Waals surface area contributed by atoms with Gasteiger partial charge in [0.15, 0.2) is 0 Å². The van der Waals surface area contributed by atoms with Gasteiger partial charge in [0.05, 0.1) is 18.0 Å². The Bertz CT molecular complexity index is 246. The molecule has 1 aliphatic heterocycles. The third-order valence-corrected chi connectivity index (χ3v) is 2.81. The summed E-state index contributed by atoms with van der Waals surface area (Å²) in [5.74, 6) is 0.124. The Morgan fingerprint density at radius 1 is 1.71 bits per heavy atom. The van der Waals surface area contributed by atoms with Crippen LogP contribution in [0.1, 0.15) is 19.8 Å². The van der Waals surface area contributed by atoms with E-state index in [4.69, 9.17) is 5.26 Å². The highest BCUT2D eigenvalue weighted by Gasteiger charge is 2.26. The first-order valence-electron chi connectivity index (χ1n) is 5.04. The van der Waals surface area contributed by atoms with Gasteiger partial charge in [0, 0.05) is 13.6 Å². The Morgan fingerprint density at radius 2 is 2.43 bits per heavy atom. The van der Waals surface area contributed by atoms with E-state index in [2.05, 4.69) is 16.3 Å². The molecule has 0 aromatic carbocycles. The van der Waals surface area contributed by atoms with Gasteiger partial charge in [-0.2, -0.15) is 5.26 Å². The normalized spacial score (nSPS) is 25.1. The molecule has 0 bridgehead atoms. The molecule has 0 aliphatic carbocycles. The Morgan fingerprint density at radius 3 is 3.00 bits per heavy atom. The number of hydrogen-bond acceptors (Lipinski definition) is 3. The molecule has 1 saturated heterocycles. The predicted octanol–water partition coefficient (Wildman–Crippen LogP) is 0.356. The molecule has 78 valence electrons. The van der Waals surface area contributed by atoms with Gasteiger partial charge in [-0.15, -0.1) is 0 Å². The zero-order chi connectivity index (χ0) is 10.6. The molecule has 2 atom stereocenters. The molecule has 0 saturated carbocycles. The van der Waals surface area contributed by atoms with E-state index >= 15 is 0 Å². The maximum Gasteiger partial charge on any atom is 0.236 e. The number of carbonyl (C=O) groups is 1. The molecule has 4 nitrogen and oxygen atoms in total. The molecule has 1 N–H and O–H groups in total. The van der Waals surface area contributed by atoms with Crippen LogP contribution in [0.3, 0.4) is 0 Å². The number of piperidine rings is 1. The molecule has 1 heterocycles. The Labute approximate surface area is 84.9 Å². The highest BCUT2D eigenvalue weighted by atomic mass is 16.2. The number of nitrogens with one attached hydrogen (secondary N) is 1. The molecule has 1 fully saturated rings. The van der Waals surface area contributed by atoms with Crippen molar-refractivity contribution >= 4 is 5.91 Å². The van der Waals surface area contributed by atoms with Gasteiger partial charge in [-0.25, -0.2) is 0 Å². The first-order valence-corrected chi connectivity index (χ1v) is 5.04. The summed E-state index contributed by atoms with van der Waals surface area (Å²) in [6, 6.07) is 2.16. The lowest BCUT2D eigenvalue weighted by atomic mass is 9.98. The van der Waals surface area contributed by atoms with E-state index in [9.17, 15) is 4.79 Å². The fraction of sp³-hybridized carbons (Fsp3) is 0.800. The summed E-state index contributed by atoms with van der Waals surface area (Å²) in [4.78, 5) is 13.4. The fourth-order valence-electron chi connectivity index (χ4n) is 1.84. The van der Waals surface area contributed by atoms with E-state index in [0.717, 1.165) is 25.9 Å². The summed E-state index contributed by atoms with van der Waals surface area (Å²) in [5, 5.41) is 11.4. The molecule has 0 radical (unpaired) electrons. The molecular weight excluding hydrogens is 178 g/mol. The fourth-order valence-corrected chi connectivity index (χ4v) is 1.84. The maximum absolute atomic E-state index is 11.4. The molecule has 4 heteroatoms. The Hall–Kier alpha value is -1.08. The summed E-state index contributed by atoms with van der Waals surface area (Å²) in [6.45, 7) is 3.54. The van der Waals surface area contributed by atoms with Crippen LogP contribution in [0.4, 0.5) is 0 Å². The van der Waals surface area contributed by atoms with Gasteiger partial charge in [-0.05, 0) is 26.3 Å². The number of nitriles is 1. The van der Waals surface area contributed by atoms with Gasteiger partial charge in [0.25, 0.3) is 0 Å². The first-order chi connectivity index (χ1) is 6.69. The van der Waals surface area contributed by atoms with Crippen LogP contribution in [0, 0.1) is 17.2 Å². The van der Waals surface area contributed by atoms with Crippen molar-refractivity contribution < 1.29 is 4.79 Å². The van der Waals surface area contributed by atoms with Crippen LogP contribution in [0.15, 0.2) is 0 Å². The van der Waals surface area contributed by atoms with E-state index in [1.807, 2.05) is 6.92 Å². The lowest BCUT2D eigenvalue weighted by Crippen LogP contribution is -2.48. The van der Waals surface area contributed by atoms with Gasteiger partial charge in [0.2, 0.25) is 5.91 Å². The van der Waals surface area contributed by atoms with Crippen LogP contribution >= 0.6 is 0 Å². The van der Waals surface area contributed by atoms with Crippen LogP contribution in [0.25, 0.3) is 0 Å². The lowest BCUT2D eigenvalue weighted by molar-refractivity contribution is -0.125. The van der Waals surface area contributed by atoms with Gasteiger partial charge in [-0.1, -0.05) is 0 Å². The standard InChI is InChI=1S/C10H17N3O/c1-8(10(14)12-2)13-5-3-4-9(6-11)7-13/h8-9H,3-5,7H2,1-2H3,(H,12,14). The molecular formula is C10H17N3O. The molecule has 2 unspecified atom stereocenters. The van der Waals surface area contributed by atoms with Crippen LogP contribution in [0.2, 0.25) is 0 Å². The number of amides is 1. The number of likely N-dealkylation sites (N-methyl/N-ethyl adjacent to an activating group) is 1. The lowest BCUT2D eigenvalue weighted by Gasteiger charge is -2.33. The second-order valence-corrected chi connectivity index (χ2v) is 3.75. The first kappa shape index (κ1) is 11.0. The van der Waals surface area contributed by atoms with Crippen LogP contribution in [0.5, 0.6) is 0 Å². The van der Waals surface area contributed by atoms with Crippen molar-refractivity contribution in [2.45, 2.75) is 25.8 Å². The van der Waals surface area contributed by atoms with Crippen LogP contribution in [-0.2, 0) is 4.79 Å². The monoisotopic (exact) mass is 195 g/mol. The van der Waals surface area contributed by atoms with Crippen molar-refractivity contribution in [3.63, 3.8) is 0 Å². The minimum atomic E-state index is -0.115. The Balaban J connectivity index is 2.52. The number of carbonyl (C=O) groups excluding carboxylic acids is 1. The minimum Gasteiger partial charge on any atom is -0.358 e. The van der Waals surface area contributed by atoms with Crippen molar-refractivity contribution in [3.8, 4) is 6.07 Å². The van der Waals surface area contributed by atoms with Crippen molar-refractivity contribution in [1.29, 1.82) is 5.26 Å². The topological polar surface area (TPSA) is 56.1 Å². The van der Waals surface area contributed by atoms with Crippen molar-refractivity contribution in [2.24, 2.45) is 5.92 Å². The molecule has 0 aromatic heterocycles. The maximum atomic E-state index is 11.4. The van der Waals surface area contributed by atoms with Gasteiger partial charge in [0.1, 0.15) is 0 Å². The van der Waals surface area contributed by atoms with E-state index in [-0.39, 0.29) is 17.9 Å². The number of nitrogens with zero attached hydrogens (tertiary/aromatic N) is 2. The summed E-state index contributed by atoms with van der Waals surface area (Å²) in [7, 11) is 1.64. The molecule has 0 aromatic rings. The third-order valence-electron chi connectivity index (χ3n) is 2.81. The van der Waals surface area contributed by atoms with E-state index < -0.39 is 0 Å². The third kappa shape index (κ3) is 2.46. The average molecular weight is 195 g/mol. The van der Waals surface area contributed by atoms with Crippen molar-refractivity contribution in [1.82, 2.24) is 10.2 Å². The highest BCUT2D eigenvalue weighted by Crippen LogP contribution is 2.17. The number of rotatable bonds is 2. The van der Waals surface area contributed by atoms with Crippen LogP contribution < -0.4 is 5.32 Å². The number of likely N-dealkylation sites (tertiary alicyclic amines) is 1. The highest BCUT2D eigenvalue weighted by molar-refractivity contribution is 5.80. The Kier molecular flexibility index (Phi) is 3.90. The summed E-state index contributed by atoms with van der Waals surface area (Å²) in [6.07, 6.45) is 1.98. The van der Waals surface area contributed by atoms with Gasteiger partial charge in [-0.3, -0.25) is 9.69 Å². The second-order valence-electron chi connectivity index (χ2n) is 3.75. The molecule has 1 amide bonds. The summed E-state index contributed by atoms with van der Waals surface area (Å²) in [5.41, 5.74) is 0. The van der Waals surface area contributed by atoms with Crippen LogP contribution in [-0.4, -0.2) is 37.0 Å². The minimum absolute atomic E-state index is 0.0311. The second kappa shape index (κ2) is 4.97. The van der Waals surface area contributed by atoms with E-state index in [0.29, 0.717) is 0 Å². The number of hydrogen-bond donors (Lipinski definition) is 1. The predicted molar refractivity (Wildman–Crippen MR) is 53.4 cm³/mol. The zero-order valence-corrected chi connectivity index (χ0v) is 8.79. The van der Waals surface area contributed by atoms with Crippen molar-refractivity contribution in [2.75, 3.05) is 20.1 Å². The van der Waals surface area contributed by atoms with E-state index in [1.165, 1.54) is 0 Å².